The van der Waals surface area contributed by atoms with E-state index in [0.29, 0.717) is 12.5 Å². The van der Waals surface area contributed by atoms with Crippen LogP contribution in [0.1, 0.15) is 43.4 Å². The molecule has 1 saturated heterocycles. The zero-order valence-electron chi connectivity index (χ0n) is 14.4. The van der Waals surface area contributed by atoms with Crippen molar-refractivity contribution >= 4 is 24.2 Å². The summed E-state index contributed by atoms with van der Waals surface area (Å²) in [7, 11) is 0. The number of amides is 2. The van der Waals surface area contributed by atoms with Crippen molar-refractivity contribution in [3.8, 4) is 0 Å². The van der Waals surface area contributed by atoms with Gasteiger partial charge in [-0.05, 0) is 44.3 Å². The van der Waals surface area contributed by atoms with E-state index in [1.807, 2.05) is 31.2 Å². The molecule has 2 atom stereocenters. The smallest absolute Gasteiger partial charge is 0.222 e. The fourth-order valence-corrected chi connectivity index (χ4v) is 2.93. The molecule has 2 unspecified atom stereocenters. The van der Waals surface area contributed by atoms with Crippen molar-refractivity contribution in [2.75, 3.05) is 19.6 Å². The van der Waals surface area contributed by atoms with E-state index >= 15 is 0 Å². The zero-order chi connectivity index (χ0) is 16.7. The van der Waals surface area contributed by atoms with Gasteiger partial charge in [0.05, 0.1) is 12.5 Å². The van der Waals surface area contributed by atoms with Crippen LogP contribution in [-0.2, 0) is 9.59 Å². The summed E-state index contributed by atoms with van der Waals surface area (Å²) in [6, 6.07) is 7.65. The lowest BCUT2D eigenvalue weighted by Gasteiger charge is -2.18. The minimum Gasteiger partial charge on any atom is -0.356 e. The molecule has 2 rings (SSSR count). The number of carbonyl (C=O) groups is 2. The highest BCUT2D eigenvalue weighted by molar-refractivity contribution is 5.85. The average molecular weight is 354 g/mol. The third-order valence-corrected chi connectivity index (χ3v) is 4.28. The van der Waals surface area contributed by atoms with Gasteiger partial charge in [-0.1, -0.05) is 29.8 Å². The summed E-state index contributed by atoms with van der Waals surface area (Å²) in [5.41, 5.74) is 2.12. The number of nitrogens with one attached hydrogen (secondary N) is 3. The van der Waals surface area contributed by atoms with Crippen molar-refractivity contribution in [2.24, 2.45) is 5.92 Å². The minimum absolute atomic E-state index is 0. The molecule has 1 aliphatic heterocycles. The summed E-state index contributed by atoms with van der Waals surface area (Å²) in [5, 5.41) is 9.17. The summed E-state index contributed by atoms with van der Waals surface area (Å²) in [6.07, 6.45) is 2.47. The van der Waals surface area contributed by atoms with Crippen molar-refractivity contribution in [3.63, 3.8) is 0 Å². The Morgan fingerprint density at radius 1 is 1.29 bits per heavy atom. The van der Waals surface area contributed by atoms with Crippen LogP contribution >= 0.6 is 12.4 Å². The van der Waals surface area contributed by atoms with Crippen LogP contribution in [0.4, 0.5) is 0 Å². The Morgan fingerprint density at radius 2 is 2.00 bits per heavy atom. The van der Waals surface area contributed by atoms with Gasteiger partial charge in [0.1, 0.15) is 0 Å². The first kappa shape index (κ1) is 20.5. The third-order valence-electron chi connectivity index (χ3n) is 4.28. The van der Waals surface area contributed by atoms with Crippen LogP contribution in [0.2, 0.25) is 0 Å². The molecule has 1 heterocycles. The van der Waals surface area contributed by atoms with Crippen LogP contribution in [0.25, 0.3) is 0 Å². The lowest BCUT2D eigenvalue weighted by Crippen LogP contribution is -2.33. The second-order valence-electron chi connectivity index (χ2n) is 6.37. The number of carbonyl (C=O) groups excluding carboxylic acids is 2. The zero-order valence-corrected chi connectivity index (χ0v) is 15.2. The number of benzene rings is 1. The van der Waals surface area contributed by atoms with Gasteiger partial charge >= 0.3 is 0 Å². The van der Waals surface area contributed by atoms with Crippen LogP contribution < -0.4 is 16.0 Å². The maximum Gasteiger partial charge on any atom is 0.222 e. The van der Waals surface area contributed by atoms with Gasteiger partial charge < -0.3 is 16.0 Å². The lowest BCUT2D eigenvalue weighted by molar-refractivity contribution is -0.122. The van der Waals surface area contributed by atoms with E-state index in [1.54, 1.807) is 0 Å². The Labute approximate surface area is 150 Å². The van der Waals surface area contributed by atoms with Crippen LogP contribution in [0.3, 0.4) is 0 Å². The first-order chi connectivity index (χ1) is 11.0. The molecule has 2 amide bonds. The van der Waals surface area contributed by atoms with Crippen molar-refractivity contribution in [2.45, 2.75) is 39.2 Å². The Morgan fingerprint density at radius 3 is 2.58 bits per heavy atom. The molecule has 134 valence electrons. The van der Waals surface area contributed by atoms with Gasteiger partial charge in [0.25, 0.3) is 0 Å². The van der Waals surface area contributed by atoms with Gasteiger partial charge in [-0.3, -0.25) is 9.59 Å². The second-order valence-corrected chi connectivity index (χ2v) is 6.37. The summed E-state index contributed by atoms with van der Waals surface area (Å²) in [6.45, 7) is 6.32. The minimum atomic E-state index is -0.277. The highest BCUT2D eigenvalue weighted by atomic mass is 35.5. The Bertz CT molecular complexity index is 528. The van der Waals surface area contributed by atoms with Crippen molar-refractivity contribution in [3.05, 3.63) is 35.4 Å². The largest absolute Gasteiger partial charge is 0.356 e. The molecule has 3 N–H and O–H groups in total. The quantitative estimate of drug-likeness (QED) is 0.703. The van der Waals surface area contributed by atoms with Crippen LogP contribution in [-0.4, -0.2) is 31.4 Å². The van der Waals surface area contributed by atoms with Crippen LogP contribution in [0.15, 0.2) is 24.3 Å². The van der Waals surface area contributed by atoms with E-state index in [2.05, 4.69) is 16.0 Å². The van der Waals surface area contributed by atoms with E-state index in [9.17, 15) is 9.59 Å². The fraction of sp³-hybridized carbons (Fsp3) is 0.556. The standard InChI is InChI=1S/C18H27N3O2.ClH/c1-13-3-5-16(6-4-13)17(21-14(2)22)11-18(23)20-10-8-15-7-9-19-12-15;/h3-6,15,17,19H,7-12H2,1-2H3,(H,20,23)(H,21,22);1H. The summed E-state index contributed by atoms with van der Waals surface area (Å²) >= 11 is 0. The lowest BCUT2D eigenvalue weighted by atomic mass is 10.0. The van der Waals surface area contributed by atoms with Gasteiger partial charge in [-0.25, -0.2) is 0 Å². The number of aryl methyl sites for hydroxylation is 1. The first-order valence-corrected chi connectivity index (χ1v) is 8.35. The summed E-state index contributed by atoms with van der Waals surface area (Å²) < 4.78 is 0. The van der Waals surface area contributed by atoms with Gasteiger partial charge in [0.2, 0.25) is 11.8 Å². The van der Waals surface area contributed by atoms with E-state index in [1.165, 1.54) is 13.3 Å². The Hall–Kier alpha value is -1.59. The van der Waals surface area contributed by atoms with E-state index in [4.69, 9.17) is 0 Å². The van der Waals surface area contributed by atoms with Crippen molar-refractivity contribution in [1.82, 2.24) is 16.0 Å². The van der Waals surface area contributed by atoms with Crippen LogP contribution in [0.5, 0.6) is 0 Å². The topological polar surface area (TPSA) is 70.2 Å². The second kappa shape index (κ2) is 10.3. The normalized spacial score (nSPS) is 17.7. The highest BCUT2D eigenvalue weighted by Crippen LogP contribution is 2.18. The molecule has 0 spiro atoms. The summed E-state index contributed by atoms with van der Waals surface area (Å²) in [4.78, 5) is 23.6. The first-order valence-electron chi connectivity index (χ1n) is 8.35. The monoisotopic (exact) mass is 353 g/mol. The predicted octanol–water partition coefficient (Wildman–Crippen LogP) is 2.10. The summed E-state index contributed by atoms with van der Waals surface area (Å²) in [5.74, 6) is 0.522. The molecule has 1 aliphatic rings. The fourth-order valence-electron chi connectivity index (χ4n) is 2.93. The SMILES string of the molecule is CC(=O)NC(CC(=O)NCCC1CCNC1)c1ccc(C)cc1.Cl. The molecule has 6 heteroatoms. The molecule has 0 bridgehead atoms. The molecule has 0 saturated carbocycles. The molecule has 0 aliphatic carbocycles. The van der Waals surface area contributed by atoms with E-state index in [-0.39, 0.29) is 36.7 Å². The molecular weight excluding hydrogens is 326 g/mol. The van der Waals surface area contributed by atoms with Gasteiger partial charge in [-0.15, -0.1) is 12.4 Å². The highest BCUT2D eigenvalue weighted by Gasteiger charge is 2.18. The van der Waals surface area contributed by atoms with Gasteiger partial charge in [0, 0.05) is 13.5 Å². The van der Waals surface area contributed by atoms with E-state index in [0.717, 1.165) is 30.6 Å². The van der Waals surface area contributed by atoms with Gasteiger partial charge in [-0.2, -0.15) is 0 Å². The molecule has 1 aromatic rings. The average Bonchev–Trinajstić information content (AvgIpc) is 3.00. The molecule has 5 nitrogen and oxygen atoms in total. The van der Waals surface area contributed by atoms with E-state index < -0.39 is 0 Å². The molecule has 1 aromatic carbocycles. The maximum absolute atomic E-state index is 12.2. The Balaban J connectivity index is 0.00000288. The number of rotatable bonds is 7. The van der Waals surface area contributed by atoms with Crippen LogP contribution in [0, 0.1) is 12.8 Å². The maximum atomic E-state index is 12.2. The third kappa shape index (κ3) is 6.89. The van der Waals surface area contributed by atoms with Crippen molar-refractivity contribution in [1.29, 1.82) is 0 Å². The predicted molar refractivity (Wildman–Crippen MR) is 98.2 cm³/mol. The van der Waals surface area contributed by atoms with Gasteiger partial charge in [0.15, 0.2) is 0 Å². The number of halogens is 1. The molecule has 0 radical (unpaired) electrons. The Kier molecular flexibility index (Phi) is 8.79. The molecule has 24 heavy (non-hydrogen) atoms. The number of hydrogen-bond acceptors (Lipinski definition) is 3. The molecule has 0 aromatic heterocycles. The molecular formula is C18H28ClN3O2. The number of hydrogen-bond donors (Lipinski definition) is 3. The molecule has 1 fully saturated rings. The van der Waals surface area contributed by atoms with Crippen molar-refractivity contribution < 1.29 is 9.59 Å².